The maximum atomic E-state index is 13.0. The number of hydrazone groups is 1. The maximum Gasteiger partial charge on any atom is 0.283 e. The summed E-state index contributed by atoms with van der Waals surface area (Å²) in [4.78, 5) is 17.3. The second kappa shape index (κ2) is 10.4. The SMILES string of the molecule is COc1ccccc1OCCn1cc(/C=C2/C(=N)N3N=C(c4ccccc4Cl)SC3=NC2=O)c2ccccc21. The van der Waals surface area contributed by atoms with Crippen LogP contribution in [0, 0.1) is 5.41 Å². The molecule has 0 saturated carbocycles. The van der Waals surface area contributed by atoms with Gasteiger partial charge in [0.15, 0.2) is 17.3 Å². The molecule has 8 nitrogen and oxygen atoms in total. The number of aliphatic imine (C=N–C) groups is 1. The monoisotopic (exact) mass is 555 g/mol. The number of halogens is 1. The van der Waals surface area contributed by atoms with E-state index in [0.717, 1.165) is 22.0 Å². The number of nitrogens with zero attached hydrogens (tertiary/aromatic N) is 4. The Morgan fingerprint density at radius 3 is 2.59 bits per heavy atom. The zero-order valence-electron chi connectivity index (χ0n) is 20.8. The zero-order chi connectivity index (χ0) is 26.9. The number of fused-ring (bicyclic) bond motifs is 2. The minimum atomic E-state index is -0.481. The number of rotatable bonds is 7. The molecule has 3 heterocycles. The standard InChI is InChI=1S/C29H22ClN5O3S/c1-37-24-12-6-7-13-25(24)38-15-14-34-17-18(19-8-3-5-11-23(19)34)16-21-26(31)35-29(32-27(21)36)39-28(33-35)20-9-2-4-10-22(20)30/h2-13,16-17,31H,14-15H2,1H3/b21-16-,31-26?. The number of para-hydroxylation sites is 3. The number of carbonyl (C=O) groups excluding carboxylic acids is 1. The fourth-order valence-electron chi connectivity index (χ4n) is 4.46. The normalized spacial score (nSPS) is 15.9. The van der Waals surface area contributed by atoms with Gasteiger partial charge in [-0.25, -0.2) is 0 Å². The molecule has 4 aromatic rings. The molecule has 1 amide bonds. The van der Waals surface area contributed by atoms with Crippen molar-refractivity contribution < 1.29 is 14.3 Å². The van der Waals surface area contributed by atoms with Crippen LogP contribution in [0.1, 0.15) is 11.1 Å². The van der Waals surface area contributed by atoms with Crippen molar-refractivity contribution in [1.82, 2.24) is 9.58 Å². The summed E-state index contributed by atoms with van der Waals surface area (Å²) in [7, 11) is 1.61. The lowest BCUT2D eigenvalue weighted by Crippen LogP contribution is -2.35. The van der Waals surface area contributed by atoms with E-state index in [9.17, 15) is 4.79 Å². The van der Waals surface area contributed by atoms with Crippen molar-refractivity contribution in [2.45, 2.75) is 6.54 Å². The molecule has 2 aliphatic heterocycles. The Hall–Kier alpha value is -4.34. The predicted molar refractivity (Wildman–Crippen MR) is 156 cm³/mol. The number of hydrogen-bond acceptors (Lipinski definition) is 6. The van der Waals surface area contributed by atoms with E-state index >= 15 is 0 Å². The first-order chi connectivity index (χ1) is 19.0. The van der Waals surface area contributed by atoms with Crippen LogP contribution >= 0.6 is 23.4 Å². The van der Waals surface area contributed by atoms with Gasteiger partial charge in [0, 0.05) is 28.2 Å². The molecule has 1 aromatic heterocycles. The lowest BCUT2D eigenvalue weighted by atomic mass is 10.1. The highest BCUT2D eigenvalue weighted by molar-refractivity contribution is 8.27. The summed E-state index contributed by atoms with van der Waals surface area (Å²) in [6.45, 7) is 0.992. The third-order valence-corrected chi connectivity index (χ3v) is 7.61. The summed E-state index contributed by atoms with van der Waals surface area (Å²) in [5, 5.41) is 17.1. The zero-order valence-corrected chi connectivity index (χ0v) is 22.4. The summed E-state index contributed by atoms with van der Waals surface area (Å²) < 4.78 is 13.4. The van der Waals surface area contributed by atoms with Gasteiger partial charge in [-0.3, -0.25) is 10.2 Å². The van der Waals surface area contributed by atoms with E-state index in [1.165, 1.54) is 16.8 Å². The van der Waals surface area contributed by atoms with Crippen molar-refractivity contribution in [3.05, 3.63) is 101 Å². The molecule has 39 heavy (non-hydrogen) atoms. The molecule has 1 N–H and O–H groups in total. The summed E-state index contributed by atoms with van der Waals surface area (Å²) in [6.07, 6.45) is 3.67. The number of ether oxygens (including phenoxy) is 2. The van der Waals surface area contributed by atoms with Gasteiger partial charge in [0.25, 0.3) is 5.91 Å². The fraction of sp³-hybridized carbons (Fsp3) is 0.103. The highest BCUT2D eigenvalue weighted by atomic mass is 35.5. The quantitative estimate of drug-likeness (QED) is 0.280. The molecule has 0 unspecified atom stereocenters. The summed E-state index contributed by atoms with van der Waals surface area (Å²) in [6, 6.07) is 22.8. The van der Waals surface area contributed by atoms with E-state index in [0.29, 0.717) is 39.9 Å². The van der Waals surface area contributed by atoms with Crippen LogP contribution in [-0.4, -0.2) is 45.2 Å². The Balaban J connectivity index is 1.28. The van der Waals surface area contributed by atoms with Gasteiger partial charge < -0.3 is 14.0 Å². The average Bonchev–Trinajstić information content (AvgIpc) is 3.53. The number of nitrogens with one attached hydrogen (secondary N) is 1. The summed E-state index contributed by atoms with van der Waals surface area (Å²) >= 11 is 7.56. The minimum absolute atomic E-state index is 0.0316. The largest absolute Gasteiger partial charge is 0.493 e. The van der Waals surface area contributed by atoms with Crippen LogP contribution in [0.25, 0.3) is 17.0 Å². The van der Waals surface area contributed by atoms with Crippen molar-refractivity contribution in [2.75, 3.05) is 13.7 Å². The Bertz CT molecular complexity index is 1720. The number of amides is 1. The molecule has 6 rings (SSSR count). The van der Waals surface area contributed by atoms with E-state index in [4.69, 9.17) is 26.5 Å². The number of aromatic nitrogens is 1. The molecule has 10 heteroatoms. The van der Waals surface area contributed by atoms with Crippen molar-refractivity contribution in [3.63, 3.8) is 0 Å². The number of carbonyl (C=O) groups is 1. The fourth-order valence-corrected chi connectivity index (χ4v) is 5.67. The van der Waals surface area contributed by atoms with Gasteiger partial charge in [0.1, 0.15) is 11.7 Å². The second-order valence-corrected chi connectivity index (χ2v) is 10.1. The lowest BCUT2D eigenvalue weighted by molar-refractivity contribution is -0.114. The van der Waals surface area contributed by atoms with Gasteiger partial charge in [-0.2, -0.15) is 15.1 Å². The molecule has 0 radical (unpaired) electrons. The third-order valence-electron chi connectivity index (χ3n) is 6.34. The Morgan fingerprint density at radius 1 is 1.03 bits per heavy atom. The first-order valence-electron chi connectivity index (χ1n) is 12.1. The number of methoxy groups -OCH3 is 1. The first kappa shape index (κ1) is 25.0. The highest BCUT2D eigenvalue weighted by Gasteiger charge is 2.36. The summed E-state index contributed by atoms with van der Waals surface area (Å²) in [5.74, 6) is 0.838. The van der Waals surface area contributed by atoms with Gasteiger partial charge in [-0.15, -0.1) is 0 Å². The number of benzene rings is 3. The summed E-state index contributed by atoms with van der Waals surface area (Å²) in [5.41, 5.74) is 2.68. The van der Waals surface area contributed by atoms with Crippen molar-refractivity contribution in [2.24, 2.45) is 10.1 Å². The van der Waals surface area contributed by atoms with Crippen LogP contribution in [0.15, 0.2) is 94.7 Å². The van der Waals surface area contributed by atoms with Gasteiger partial charge in [-0.1, -0.05) is 60.1 Å². The van der Waals surface area contributed by atoms with Gasteiger partial charge in [0.05, 0.1) is 24.3 Å². The third kappa shape index (κ3) is 4.71. The van der Waals surface area contributed by atoms with E-state index < -0.39 is 5.91 Å². The molecule has 0 fully saturated rings. The van der Waals surface area contributed by atoms with E-state index in [2.05, 4.69) is 14.7 Å². The Kier molecular flexibility index (Phi) is 6.68. The van der Waals surface area contributed by atoms with E-state index in [-0.39, 0.29) is 11.4 Å². The number of hydrogen-bond donors (Lipinski definition) is 1. The van der Waals surface area contributed by atoms with Crippen LogP contribution in [0.3, 0.4) is 0 Å². The molecular weight excluding hydrogens is 534 g/mol. The van der Waals surface area contributed by atoms with Crippen LogP contribution in [0.4, 0.5) is 0 Å². The average molecular weight is 556 g/mol. The lowest BCUT2D eigenvalue weighted by Gasteiger charge is -2.20. The maximum absolute atomic E-state index is 13.0. The van der Waals surface area contributed by atoms with Crippen LogP contribution in [-0.2, 0) is 11.3 Å². The molecule has 194 valence electrons. The molecule has 3 aromatic carbocycles. The highest BCUT2D eigenvalue weighted by Crippen LogP contribution is 2.34. The van der Waals surface area contributed by atoms with Crippen molar-refractivity contribution in [3.8, 4) is 11.5 Å². The van der Waals surface area contributed by atoms with E-state index in [1.807, 2.05) is 72.9 Å². The molecule has 0 bridgehead atoms. The minimum Gasteiger partial charge on any atom is -0.493 e. The number of thioether (sulfide) groups is 1. The Morgan fingerprint density at radius 2 is 1.77 bits per heavy atom. The molecule has 0 aliphatic carbocycles. The van der Waals surface area contributed by atoms with Crippen LogP contribution in [0.5, 0.6) is 11.5 Å². The van der Waals surface area contributed by atoms with Crippen molar-refractivity contribution >= 4 is 62.3 Å². The van der Waals surface area contributed by atoms with Gasteiger partial charge in [-0.05, 0) is 42.1 Å². The first-order valence-corrected chi connectivity index (χ1v) is 13.3. The second-order valence-electron chi connectivity index (χ2n) is 8.70. The smallest absolute Gasteiger partial charge is 0.283 e. The van der Waals surface area contributed by atoms with Gasteiger partial charge >= 0.3 is 0 Å². The molecule has 0 spiro atoms. The topological polar surface area (TPSA) is 92.3 Å². The van der Waals surface area contributed by atoms with Crippen LogP contribution in [0.2, 0.25) is 5.02 Å². The Labute approximate surface area is 233 Å². The molecular formula is C29H22ClN5O3S. The van der Waals surface area contributed by atoms with E-state index in [1.54, 1.807) is 19.3 Å². The molecule has 0 saturated heterocycles. The molecule has 2 aliphatic rings. The predicted octanol–water partition coefficient (Wildman–Crippen LogP) is 6.05. The van der Waals surface area contributed by atoms with Crippen molar-refractivity contribution in [1.29, 1.82) is 5.41 Å². The van der Waals surface area contributed by atoms with Gasteiger partial charge in [0.2, 0.25) is 5.17 Å². The molecule has 0 atom stereocenters. The number of amidine groups is 2. The van der Waals surface area contributed by atoms with Crippen LogP contribution < -0.4 is 9.47 Å².